The van der Waals surface area contributed by atoms with Gasteiger partial charge < -0.3 is 10.6 Å². The molecular weight excluding hydrogens is 316 g/mol. The van der Waals surface area contributed by atoms with Gasteiger partial charge in [-0.15, -0.1) is 12.8 Å². The zero-order valence-electron chi connectivity index (χ0n) is 14.7. The second-order valence-electron chi connectivity index (χ2n) is 7.31. The Hall–Kier alpha value is -1.30. The smallest absolute Gasteiger partial charge is 0.116 e. The van der Waals surface area contributed by atoms with Crippen molar-refractivity contribution in [3.05, 3.63) is 35.4 Å². The predicted octanol–water partition coefficient (Wildman–Crippen LogP) is 4.09. The van der Waals surface area contributed by atoms with Gasteiger partial charge in [0, 0.05) is 29.3 Å². The first-order valence-corrected chi connectivity index (χ1v) is 9.25. The molecule has 0 amide bonds. The summed E-state index contributed by atoms with van der Waals surface area (Å²) in [4.78, 5) is 7.53. The largest absolute Gasteiger partial charge is 0.329 e. The van der Waals surface area contributed by atoms with Crippen LogP contribution in [-0.2, 0) is 0 Å². The van der Waals surface area contributed by atoms with Gasteiger partial charge in [0.05, 0.1) is 5.69 Å². The molecule has 5 heteroatoms. The first kappa shape index (κ1) is 17.5. The van der Waals surface area contributed by atoms with E-state index in [0.717, 1.165) is 23.5 Å². The van der Waals surface area contributed by atoms with Crippen molar-refractivity contribution in [1.29, 1.82) is 0 Å². The first-order valence-electron chi connectivity index (χ1n) is 8.74. The summed E-state index contributed by atoms with van der Waals surface area (Å²) in [6.45, 7) is 9.64. The summed E-state index contributed by atoms with van der Waals surface area (Å²) >= 11 is 3.03. The molecule has 4 N–H and O–H groups in total. The van der Waals surface area contributed by atoms with Crippen LogP contribution in [0.2, 0.25) is 0 Å². The number of fused-ring (bicyclic) bond motifs is 3. The van der Waals surface area contributed by atoms with Crippen molar-refractivity contribution in [2.75, 3.05) is 6.54 Å². The third kappa shape index (κ3) is 2.59. The Morgan fingerprint density at radius 1 is 1.25 bits per heavy atom. The highest BCUT2D eigenvalue weighted by molar-refractivity contribution is 7.77. The van der Waals surface area contributed by atoms with E-state index >= 15 is 0 Å². The minimum atomic E-state index is -0.00159. The molecule has 1 spiro atoms. The van der Waals surface area contributed by atoms with Crippen LogP contribution in [0.15, 0.2) is 23.7 Å². The molecule has 4 nitrogen and oxygen atoms in total. The summed E-state index contributed by atoms with van der Waals surface area (Å²) in [7, 11) is 0. The van der Waals surface area contributed by atoms with Gasteiger partial charge in [0.1, 0.15) is 5.84 Å². The number of amidine groups is 1. The Bertz CT molecular complexity index is 687. The van der Waals surface area contributed by atoms with Crippen molar-refractivity contribution in [2.45, 2.75) is 52.0 Å². The summed E-state index contributed by atoms with van der Waals surface area (Å²) in [5.41, 5.74) is 12.3. The summed E-state index contributed by atoms with van der Waals surface area (Å²) in [6, 6.07) is 4.40. The summed E-state index contributed by atoms with van der Waals surface area (Å²) in [5.74, 6) is 1.27. The van der Waals surface area contributed by atoms with Crippen LogP contribution < -0.4 is 10.9 Å². The fourth-order valence-corrected chi connectivity index (χ4v) is 4.55. The van der Waals surface area contributed by atoms with Crippen LogP contribution >= 0.6 is 12.8 Å². The normalized spacial score (nSPS) is 21.8. The number of hydrogen-bond acceptors (Lipinski definition) is 5. The van der Waals surface area contributed by atoms with Gasteiger partial charge in [0.15, 0.2) is 0 Å². The lowest BCUT2D eigenvalue weighted by Gasteiger charge is -2.34. The maximum atomic E-state index is 6.22. The number of rotatable bonds is 1. The molecular formula is C19H28N4S. The maximum Gasteiger partial charge on any atom is 0.116 e. The molecule has 2 fully saturated rings. The molecule has 2 heterocycles. The van der Waals surface area contributed by atoms with Gasteiger partial charge in [-0.2, -0.15) is 0 Å². The number of aliphatic imine (C=N–C) groups is 1. The van der Waals surface area contributed by atoms with Gasteiger partial charge >= 0.3 is 0 Å². The number of aryl methyl sites for hydroxylation is 1. The average Bonchev–Trinajstić information content (AvgIpc) is 3.19. The predicted molar refractivity (Wildman–Crippen MR) is 105 cm³/mol. The molecule has 24 heavy (non-hydrogen) atoms. The van der Waals surface area contributed by atoms with Crippen molar-refractivity contribution in [2.24, 2.45) is 21.3 Å². The molecule has 0 aromatic heterocycles. The third-order valence-electron chi connectivity index (χ3n) is 5.73. The topological polar surface area (TPSA) is 67.6 Å². The number of nitrogens with zero attached hydrogens (tertiary/aromatic N) is 2. The molecule has 2 aliphatic heterocycles. The second kappa shape index (κ2) is 6.54. The van der Waals surface area contributed by atoms with Crippen molar-refractivity contribution < 1.29 is 0 Å². The molecule has 1 unspecified atom stereocenters. The van der Waals surface area contributed by atoms with Gasteiger partial charge in [-0.05, 0) is 50.3 Å². The lowest BCUT2D eigenvalue weighted by atomic mass is 9.83. The summed E-state index contributed by atoms with van der Waals surface area (Å²) < 4.78 is 0. The van der Waals surface area contributed by atoms with Gasteiger partial charge in [-0.1, -0.05) is 25.5 Å². The van der Waals surface area contributed by atoms with Crippen LogP contribution in [0.4, 0.5) is 5.69 Å². The van der Waals surface area contributed by atoms with Crippen LogP contribution in [0.5, 0.6) is 0 Å². The summed E-state index contributed by atoms with van der Waals surface area (Å²) in [5, 5.41) is 4.19. The fraction of sp³-hybridized carbons (Fsp3) is 0.526. The Morgan fingerprint density at radius 2 is 1.92 bits per heavy atom. The third-order valence-corrected chi connectivity index (χ3v) is 5.73. The zero-order valence-corrected chi connectivity index (χ0v) is 15.6. The number of benzene rings is 1. The molecule has 130 valence electrons. The Morgan fingerprint density at radius 3 is 2.54 bits per heavy atom. The number of hydrogen-bond donors (Lipinski definition) is 3. The van der Waals surface area contributed by atoms with Gasteiger partial charge in [0.25, 0.3) is 0 Å². The SMILES string of the molecule is C=C1c2cc(C)cc(C(C)N)c2N=C2N1CCC21CCCC1.NS. The van der Waals surface area contributed by atoms with Crippen LogP contribution in [0.3, 0.4) is 0 Å². The minimum Gasteiger partial charge on any atom is -0.329 e. The molecule has 0 radical (unpaired) electrons. The van der Waals surface area contributed by atoms with Crippen LogP contribution in [0, 0.1) is 12.3 Å². The molecule has 1 atom stereocenters. The van der Waals surface area contributed by atoms with E-state index in [1.54, 1.807) is 0 Å². The maximum absolute atomic E-state index is 6.22. The highest BCUT2D eigenvalue weighted by atomic mass is 32.1. The molecule has 1 aromatic rings. The van der Waals surface area contributed by atoms with Crippen LogP contribution in [0.1, 0.15) is 61.8 Å². The Balaban J connectivity index is 0.000000815. The van der Waals surface area contributed by atoms with E-state index in [1.165, 1.54) is 49.1 Å². The number of thiol groups is 1. The van der Waals surface area contributed by atoms with Gasteiger partial charge in [0.2, 0.25) is 0 Å². The minimum absolute atomic E-state index is 0.00159. The average molecular weight is 345 g/mol. The van der Waals surface area contributed by atoms with E-state index in [4.69, 9.17) is 10.7 Å². The van der Waals surface area contributed by atoms with Crippen molar-refractivity contribution >= 4 is 30.0 Å². The van der Waals surface area contributed by atoms with Crippen molar-refractivity contribution in [1.82, 2.24) is 4.90 Å². The Kier molecular flexibility index (Phi) is 4.78. The van der Waals surface area contributed by atoms with Crippen LogP contribution in [-0.4, -0.2) is 17.3 Å². The van der Waals surface area contributed by atoms with E-state index < -0.39 is 0 Å². The molecule has 1 saturated heterocycles. The first-order chi connectivity index (χ1) is 11.5. The van der Waals surface area contributed by atoms with Gasteiger partial charge in [-0.25, -0.2) is 4.99 Å². The van der Waals surface area contributed by atoms with E-state index in [9.17, 15) is 0 Å². The van der Waals surface area contributed by atoms with Crippen molar-refractivity contribution in [3.8, 4) is 0 Å². The Labute approximate surface area is 150 Å². The summed E-state index contributed by atoms with van der Waals surface area (Å²) in [6.07, 6.45) is 6.46. The second-order valence-corrected chi connectivity index (χ2v) is 7.31. The lowest BCUT2D eigenvalue weighted by molar-refractivity contribution is 0.437. The lowest BCUT2D eigenvalue weighted by Crippen LogP contribution is -2.34. The number of nitrogens with two attached hydrogens (primary N) is 2. The quantitative estimate of drug-likeness (QED) is 0.672. The highest BCUT2D eigenvalue weighted by Gasteiger charge is 2.48. The fourth-order valence-electron chi connectivity index (χ4n) is 4.55. The van der Waals surface area contributed by atoms with Crippen LogP contribution in [0.25, 0.3) is 5.70 Å². The molecule has 1 saturated carbocycles. The highest BCUT2D eigenvalue weighted by Crippen LogP contribution is 2.52. The molecule has 4 rings (SSSR count). The van der Waals surface area contributed by atoms with E-state index in [2.05, 4.69) is 48.5 Å². The van der Waals surface area contributed by atoms with Gasteiger partial charge in [-0.3, -0.25) is 5.14 Å². The zero-order chi connectivity index (χ0) is 17.5. The molecule has 1 aliphatic carbocycles. The van der Waals surface area contributed by atoms with E-state index in [0.29, 0.717) is 5.41 Å². The standard InChI is InChI=1S/C19H25N3.H3NS/c1-12-10-15(13(2)20)17-16(11-12)14(3)22-9-8-19(18(22)21-17)6-4-5-7-19;1-2/h10-11,13H,3-9,20H2,1-2H3;2H,1H2. The monoisotopic (exact) mass is 344 g/mol. The van der Waals surface area contributed by atoms with E-state index in [1.807, 2.05) is 6.92 Å². The molecule has 0 bridgehead atoms. The van der Waals surface area contributed by atoms with E-state index in [-0.39, 0.29) is 6.04 Å². The molecule has 1 aromatic carbocycles. The van der Waals surface area contributed by atoms with Crippen molar-refractivity contribution in [3.63, 3.8) is 0 Å². The molecule has 3 aliphatic rings.